The van der Waals surface area contributed by atoms with Gasteiger partial charge in [-0.2, -0.15) is 0 Å². The Morgan fingerprint density at radius 1 is 1.35 bits per heavy atom. The maximum Gasteiger partial charge on any atom is 0.272 e. The van der Waals surface area contributed by atoms with E-state index in [9.17, 15) is 4.79 Å². The van der Waals surface area contributed by atoms with Gasteiger partial charge in [0.25, 0.3) is 5.91 Å². The molecule has 0 atom stereocenters. The maximum atomic E-state index is 13.2. The summed E-state index contributed by atoms with van der Waals surface area (Å²) in [5.41, 5.74) is 2.24. The first-order valence-corrected chi connectivity index (χ1v) is 9.47. The molecular formula is C19H22ClN5O. The SMILES string of the molecule is CCc1nc2ccc(Cl)cn2c1C(=O)N1CCC(Cc2ncc[nH]2)CC1. The molecule has 7 heteroatoms. The van der Waals surface area contributed by atoms with E-state index in [0.717, 1.165) is 55.9 Å². The van der Waals surface area contributed by atoms with Crippen molar-refractivity contribution in [1.82, 2.24) is 24.3 Å². The molecule has 1 aliphatic rings. The molecule has 6 nitrogen and oxygen atoms in total. The minimum atomic E-state index is 0.0491. The van der Waals surface area contributed by atoms with E-state index >= 15 is 0 Å². The first kappa shape index (κ1) is 17.1. The number of hydrogen-bond acceptors (Lipinski definition) is 3. The van der Waals surface area contributed by atoms with E-state index in [4.69, 9.17) is 11.6 Å². The molecule has 4 heterocycles. The number of pyridine rings is 1. The second-order valence-corrected chi connectivity index (χ2v) is 7.25. The number of imidazole rings is 2. The van der Waals surface area contributed by atoms with Gasteiger partial charge in [-0.1, -0.05) is 18.5 Å². The van der Waals surface area contributed by atoms with Crippen LogP contribution in [0.1, 0.15) is 41.8 Å². The number of fused-ring (bicyclic) bond motifs is 1. The molecule has 26 heavy (non-hydrogen) atoms. The predicted molar refractivity (Wildman–Crippen MR) is 100 cm³/mol. The van der Waals surface area contributed by atoms with Crippen LogP contribution in [0.2, 0.25) is 5.02 Å². The fourth-order valence-electron chi connectivity index (χ4n) is 3.71. The van der Waals surface area contributed by atoms with Gasteiger partial charge < -0.3 is 9.88 Å². The molecule has 1 amide bonds. The lowest BCUT2D eigenvalue weighted by Crippen LogP contribution is -2.39. The Morgan fingerprint density at radius 3 is 2.85 bits per heavy atom. The number of H-pyrrole nitrogens is 1. The van der Waals surface area contributed by atoms with E-state index in [1.165, 1.54) is 0 Å². The number of amides is 1. The summed E-state index contributed by atoms with van der Waals surface area (Å²) in [4.78, 5) is 27.2. The second kappa shape index (κ2) is 7.11. The number of hydrogen-bond donors (Lipinski definition) is 1. The van der Waals surface area contributed by atoms with Crippen LogP contribution in [-0.2, 0) is 12.8 Å². The number of aromatic amines is 1. The number of aryl methyl sites for hydroxylation is 1. The van der Waals surface area contributed by atoms with Crippen LogP contribution in [0, 0.1) is 5.92 Å². The lowest BCUT2D eigenvalue weighted by molar-refractivity contribution is 0.0681. The number of carbonyl (C=O) groups is 1. The third kappa shape index (κ3) is 3.21. The number of rotatable bonds is 4. The normalized spacial score (nSPS) is 15.7. The summed E-state index contributed by atoms with van der Waals surface area (Å²) >= 11 is 6.14. The van der Waals surface area contributed by atoms with Crippen LogP contribution >= 0.6 is 11.6 Å². The minimum absolute atomic E-state index is 0.0491. The molecule has 3 aromatic heterocycles. The number of nitrogens with zero attached hydrogens (tertiary/aromatic N) is 4. The highest BCUT2D eigenvalue weighted by Crippen LogP contribution is 2.24. The van der Waals surface area contributed by atoms with Gasteiger partial charge in [0.1, 0.15) is 17.2 Å². The molecule has 1 saturated heterocycles. The van der Waals surface area contributed by atoms with Gasteiger partial charge in [0, 0.05) is 38.1 Å². The maximum absolute atomic E-state index is 13.2. The summed E-state index contributed by atoms with van der Waals surface area (Å²) in [7, 11) is 0. The fraction of sp³-hybridized carbons (Fsp3) is 0.421. The third-order valence-electron chi connectivity index (χ3n) is 5.13. The summed E-state index contributed by atoms with van der Waals surface area (Å²) in [6.07, 6.45) is 9.07. The Labute approximate surface area is 157 Å². The topological polar surface area (TPSA) is 66.3 Å². The monoisotopic (exact) mass is 371 g/mol. The van der Waals surface area contributed by atoms with Crippen molar-refractivity contribution in [2.75, 3.05) is 13.1 Å². The zero-order chi connectivity index (χ0) is 18.1. The number of halogens is 1. The Hall–Kier alpha value is -2.34. The summed E-state index contributed by atoms with van der Waals surface area (Å²) in [6.45, 7) is 3.55. The highest BCUT2D eigenvalue weighted by molar-refractivity contribution is 6.30. The van der Waals surface area contributed by atoms with Crippen molar-refractivity contribution in [2.45, 2.75) is 32.6 Å². The molecule has 0 aromatic carbocycles. The molecular weight excluding hydrogens is 350 g/mol. The first-order chi connectivity index (χ1) is 12.7. The van der Waals surface area contributed by atoms with E-state index in [1.54, 1.807) is 18.5 Å². The summed E-state index contributed by atoms with van der Waals surface area (Å²) in [5.74, 6) is 1.64. The van der Waals surface area contributed by atoms with Gasteiger partial charge in [-0.25, -0.2) is 9.97 Å². The molecule has 4 rings (SSSR count). The smallest absolute Gasteiger partial charge is 0.272 e. The molecule has 136 valence electrons. The van der Waals surface area contributed by atoms with Gasteiger partial charge in [-0.15, -0.1) is 0 Å². The molecule has 3 aromatic rings. The largest absolute Gasteiger partial charge is 0.349 e. The van der Waals surface area contributed by atoms with E-state index < -0.39 is 0 Å². The van der Waals surface area contributed by atoms with Crippen LogP contribution in [0.4, 0.5) is 0 Å². The number of piperidine rings is 1. The van der Waals surface area contributed by atoms with Crippen LogP contribution in [0.3, 0.4) is 0 Å². The van der Waals surface area contributed by atoms with Crippen molar-refractivity contribution in [3.05, 3.63) is 53.0 Å². The minimum Gasteiger partial charge on any atom is -0.349 e. The lowest BCUT2D eigenvalue weighted by Gasteiger charge is -2.31. The van der Waals surface area contributed by atoms with Gasteiger partial charge in [0.2, 0.25) is 0 Å². The molecule has 0 radical (unpaired) electrons. The summed E-state index contributed by atoms with van der Waals surface area (Å²) < 4.78 is 1.83. The zero-order valence-corrected chi connectivity index (χ0v) is 15.5. The molecule has 0 saturated carbocycles. The van der Waals surface area contributed by atoms with E-state index in [1.807, 2.05) is 28.5 Å². The Kier molecular flexibility index (Phi) is 4.68. The highest BCUT2D eigenvalue weighted by atomic mass is 35.5. The third-order valence-corrected chi connectivity index (χ3v) is 5.35. The van der Waals surface area contributed by atoms with Crippen molar-refractivity contribution in [2.24, 2.45) is 5.92 Å². The van der Waals surface area contributed by atoms with Crippen molar-refractivity contribution >= 4 is 23.2 Å². The Balaban J connectivity index is 1.52. The van der Waals surface area contributed by atoms with Gasteiger partial charge in [0.05, 0.1) is 10.7 Å². The van der Waals surface area contributed by atoms with E-state index in [2.05, 4.69) is 15.0 Å². The predicted octanol–water partition coefficient (Wildman–Crippen LogP) is 3.37. The fourth-order valence-corrected chi connectivity index (χ4v) is 3.87. The van der Waals surface area contributed by atoms with Crippen LogP contribution in [0.15, 0.2) is 30.7 Å². The van der Waals surface area contributed by atoms with E-state index in [0.29, 0.717) is 16.6 Å². The number of aromatic nitrogens is 4. The lowest BCUT2D eigenvalue weighted by atomic mass is 9.93. The Morgan fingerprint density at radius 2 is 2.15 bits per heavy atom. The number of likely N-dealkylation sites (tertiary alicyclic amines) is 1. The van der Waals surface area contributed by atoms with Crippen molar-refractivity contribution in [3.8, 4) is 0 Å². The molecule has 0 spiro atoms. The van der Waals surface area contributed by atoms with Gasteiger partial charge in [-0.05, 0) is 37.3 Å². The van der Waals surface area contributed by atoms with E-state index in [-0.39, 0.29) is 5.91 Å². The summed E-state index contributed by atoms with van der Waals surface area (Å²) in [6, 6.07) is 3.66. The molecule has 1 fully saturated rings. The van der Waals surface area contributed by atoms with Crippen LogP contribution in [-0.4, -0.2) is 43.2 Å². The van der Waals surface area contributed by atoms with Crippen molar-refractivity contribution in [1.29, 1.82) is 0 Å². The molecule has 1 N–H and O–H groups in total. The average molecular weight is 372 g/mol. The van der Waals surface area contributed by atoms with Gasteiger partial charge in [-0.3, -0.25) is 9.20 Å². The Bertz CT molecular complexity index is 910. The number of carbonyl (C=O) groups excluding carboxylic acids is 1. The molecule has 0 aliphatic carbocycles. The van der Waals surface area contributed by atoms with Crippen LogP contribution in [0.5, 0.6) is 0 Å². The zero-order valence-electron chi connectivity index (χ0n) is 14.8. The summed E-state index contributed by atoms with van der Waals surface area (Å²) in [5, 5.41) is 0.601. The molecule has 0 unspecified atom stereocenters. The molecule has 1 aliphatic heterocycles. The van der Waals surface area contributed by atoms with Crippen molar-refractivity contribution in [3.63, 3.8) is 0 Å². The van der Waals surface area contributed by atoms with Gasteiger partial charge in [0.15, 0.2) is 0 Å². The van der Waals surface area contributed by atoms with Crippen LogP contribution < -0.4 is 0 Å². The highest BCUT2D eigenvalue weighted by Gasteiger charge is 2.28. The second-order valence-electron chi connectivity index (χ2n) is 6.81. The molecule has 0 bridgehead atoms. The standard InChI is InChI=1S/C19H22ClN5O/c1-2-15-18(25-12-14(20)3-4-17(25)23-15)19(26)24-9-5-13(6-10-24)11-16-21-7-8-22-16/h3-4,7-8,12-13H,2,5-6,9-11H2,1H3,(H,21,22). The number of nitrogens with one attached hydrogen (secondary N) is 1. The average Bonchev–Trinajstić information content (AvgIpc) is 3.28. The quantitative estimate of drug-likeness (QED) is 0.764. The van der Waals surface area contributed by atoms with Crippen molar-refractivity contribution < 1.29 is 4.79 Å². The van der Waals surface area contributed by atoms with Gasteiger partial charge >= 0.3 is 0 Å². The van der Waals surface area contributed by atoms with Crippen LogP contribution in [0.25, 0.3) is 5.65 Å². The first-order valence-electron chi connectivity index (χ1n) is 9.09.